The first kappa shape index (κ1) is 17.9. The van der Waals surface area contributed by atoms with Crippen LogP contribution < -0.4 is 11.1 Å². The van der Waals surface area contributed by atoms with E-state index in [1.54, 1.807) is 0 Å². The summed E-state index contributed by atoms with van der Waals surface area (Å²) in [4.78, 5) is 22.1. The van der Waals surface area contributed by atoms with Crippen molar-refractivity contribution in [1.82, 2.24) is 5.32 Å². The molecule has 1 unspecified atom stereocenters. The van der Waals surface area contributed by atoms with Crippen LogP contribution in [0.1, 0.15) is 59.3 Å². The van der Waals surface area contributed by atoms with Crippen molar-refractivity contribution in [2.45, 2.75) is 65.3 Å². The van der Waals surface area contributed by atoms with Gasteiger partial charge in [-0.3, -0.25) is 9.59 Å². The summed E-state index contributed by atoms with van der Waals surface area (Å²) >= 11 is 0. The van der Waals surface area contributed by atoms with Gasteiger partial charge in [-0.15, -0.1) is 0 Å². The fourth-order valence-corrected chi connectivity index (χ4v) is 1.78. The Hall–Kier alpha value is -1.10. The van der Waals surface area contributed by atoms with E-state index in [0.29, 0.717) is 19.4 Å². The van der Waals surface area contributed by atoms with Crippen molar-refractivity contribution in [3.8, 4) is 0 Å². The monoisotopic (exact) mass is 272 g/mol. The van der Waals surface area contributed by atoms with E-state index in [0.717, 1.165) is 19.3 Å². The average Bonchev–Trinajstić information content (AvgIpc) is 2.26. The Balaban J connectivity index is 3.70. The largest absolute Gasteiger partial charge is 0.481 e. The summed E-state index contributed by atoms with van der Waals surface area (Å²) in [5, 5.41) is 11.5. The molecule has 0 radical (unpaired) electrons. The van der Waals surface area contributed by atoms with E-state index < -0.39 is 5.97 Å². The molecule has 0 rings (SSSR count). The van der Waals surface area contributed by atoms with E-state index in [1.807, 2.05) is 20.8 Å². The molecule has 0 saturated carbocycles. The standard InChI is InChI=1S/C14H28N2O3/c1-11(15)5-4-6-12(17)16-10-9-14(2,3)8-7-13(18)19/h11H,4-10,15H2,1-3H3,(H,16,17)(H,18,19). The van der Waals surface area contributed by atoms with E-state index in [9.17, 15) is 9.59 Å². The Kier molecular flexibility index (Phi) is 8.39. The molecule has 0 aliphatic heterocycles. The number of nitrogens with two attached hydrogens (primary N) is 1. The topological polar surface area (TPSA) is 92.4 Å². The van der Waals surface area contributed by atoms with Crippen LogP contribution in [-0.4, -0.2) is 29.6 Å². The number of aliphatic carboxylic acids is 1. The minimum absolute atomic E-state index is 0.0506. The second-order valence-corrected chi connectivity index (χ2v) is 6.03. The van der Waals surface area contributed by atoms with Gasteiger partial charge in [-0.1, -0.05) is 13.8 Å². The molecule has 0 bridgehead atoms. The van der Waals surface area contributed by atoms with Crippen molar-refractivity contribution in [2.75, 3.05) is 6.54 Å². The minimum atomic E-state index is -0.770. The third-order valence-corrected chi connectivity index (χ3v) is 3.20. The van der Waals surface area contributed by atoms with Crippen LogP contribution in [-0.2, 0) is 9.59 Å². The molecular weight excluding hydrogens is 244 g/mol. The van der Waals surface area contributed by atoms with Gasteiger partial charge in [-0.25, -0.2) is 0 Å². The fraction of sp³-hybridized carbons (Fsp3) is 0.857. The zero-order valence-corrected chi connectivity index (χ0v) is 12.4. The molecule has 0 heterocycles. The van der Waals surface area contributed by atoms with Gasteiger partial charge in [0.05, 0.1) is 0 Å². The molecule has 4 N–H and O–H groups in total. The van der Waals surface area contributed by atoms with Gasteiger partial charge in [0, 0.05) is 25.4 Å². The van der Waals surface area contributed by atoms with Gasteiger partial charge in [0.2, 0.25) is 5.91 Å². The molecule has 0 saturated heterocycles. The molecule has 0 aromatic heterocycles. The second kappa shape index (κ2) is 8.91. The summed E-state index contributed by atoms with van der Waals surface area (Å²) in [5.41, 5.74) is 5.56. The number of hydrogen-bond donors (Lipinski definition) is 3. The lowest BCUT2D eigenvalue weighted by molar-refractivity contribution is -0.137. The highest BCUT2D eigenvalue weighted by atomic mass is 16.4. The van der Waals surface area contributed by atoms with E-state index in [-0.39, 0.29) is 23.8 Å². The quantitative estimate of drug-likeness (QED) is 0.566. The molecule has 0 aromatic rings. The average molecular weight is 272 g/mol. The van der Waals surface area contributed by atoms with E-state index in [1.165, 1.54) is 0 Å². The van der Waals surface area contributed by atoms with Gasteiger partial charge in [0.15, 0.2) is 0 Å². The summed E-state index contributed by atoms with van der Waals surface area (Å²) in [7, 11) is 0. The van der Waals surface area contributed by atoms with Gasteiger partial charge in [0.1, 0.15) is 0 Å². The Morgan fingerprint density at radius 1 is 1.26 bits per heavy atom. The SMILES string of the molecule is CC(N)CCCC(=O)NCCC(C)(C)CCC(=O)O. The number of carboxylic acid groups (broad SMARTS) is 1. The smallest absolute Gasteiger partial charge is 0.303 e. The van der Waals surface area contributed by atoms with Crippen LogP contribution in [0.5, 0.6) is 0 Å². The molecule has 5 heteroatoms. The van der Waals surface area contributed by atoms with E-state index >= 15 is 0 Å². The van der Waals surface area contributed by atoms with Crippen LogP contribution in [0.2, 0.25) is 0 Å². The molecule has 0 aliphatic rings. The number of carbonyl (C=O) groups excluding carboxylic acids is 1. The van der Waals surface area contributed by atoms with Crippen LogP contribution in [0.15, 0.2) is 0 Å². The number of hydrogen-bond acceptors (Lipinski definition) is 3. The molecule has 19 heavy (non-hydrogen) atoms. The first-order valence-electron chi connectivity index (χ1n) is 6.97. The third-order valence-electron chi connectivity index (χ3n) is 3.20. The maximum absolute atomic E-state index is 11.5. The lowest BCUT2D eigenvalue weighted by Crippen LogP contribution is -2.28. The molecule has 1 atom stereocenters. The van der Waals surface area contributed by atoms with Crippen molar-refractivity contribution in [3.63, 3.8) is 0 Å². The van der Waals surface area contributed by atoms with Crippen LogP contribution in [0.25, 0.3) is 0 Å². The summed E-state index contributed by atoms with van der Waals surface area (Å²) < 4.78 is 0. The van der Waals surface area contributed by atoms with Gasteiger partial charge >= 0.3 is 5.97 Å². The van der Waals surface area contributed by atoms with Crippen LogP contribution in [0.4, 0.5) is 0 Å². The first-order valence-corrected chi connectivity index (χ1v) is 6.97. The predicted molar refractivity (Wildman–Crippen MR) is 75.8 cm³/mol. The summed E-state index contributed by atoms with van der Waals surface area (Å²) in [5.74, 6) is -0.720. The number of rotatable bonds is 10. The highest BCUT2D eigenvalue weighted by Crippen LogP contribution is 2.25. The summed E-state index contributed by atoms with van der Waals surface area (Å²) in [6.07, 6.45) is 3.78. The van der Waals surface area contributed by atoms with Crippen molar-refractivity contribution >= 4 is 11.9 Å². The van der Waals surface area contributed by atoms with Crippen LogP contribution in [0, 0.1) is 5.41 Å². The van der Waals surface area contributed by atoms with E-state index in [2.05, 4.69) is 5.32 Å². The molecular formula is C14H28N2O3. The summed E-state index contributed by atoms with van der Waals surface area (Å²) in [6.45, 7) is 6.59. The molecule has 0 aromatic carbocycles. The normalized spacial score (nSPS) is 13.1. The zero-order valence-electron chi connectivity index (χ0n) is 12.4. The van der Waals surface area contributed by atoms with Gasteiger partial charge in [-0.05, 0) is 38.0 Å². The van der Waals surface area contributed by atoms with Crippen molar-refractivity contribution in [1.29, 1.82) is 0 Å². The van der Waals surface area contributed by atoms with E-state index in [4.69, 9.17) is 10.8 Å². The Bertz CT molecular complexity index is 288. The number of amides is 1. The van der Waals surface area contributed by atoms with Crippen LogP contribution in [0.3, 0.4) is 0 Å². The fourth-order valence-electron chi connectivity index (χ4n) is 1.78. The maximum atomic E-state index is 11.5. The van der Waals surface area contributed by atoms with Crippen molar-refractivity contribution in [2.24, 2.45) is 11.1 Å². The minimum Gasteiger partial charge on any atom is -0.481 e. The molecule has 0 spiro atoms. The number of carboxylic acids is 1. The molecule has 0 fully saturated rings. The van der Waals surface area contributed by atoms with Crippen LogP contribution >= 0.6 is 0 Å². The maximum Gasteiger partial charge on any atom is 0.303 e. The van der Waals surface area contributed by atoms with Crippen molar-refractivity contribution < 1.29 is 14.7 Å². The molecule has 1 amide bonds. The Morgan fingerprint density at radius 2 is 1.89 bits per heavy atom. The summed E-state index contributed by atoms with van der Waals surface area (Å²) in [6, 6.07) is 0.141. The van der Waals surface area contributed by atoms with Gasteiger partial charge in [0.25, 0.3) is 0 Å². The van der Waals surface area contributed by atoms with Gasteiger partial charge < -0.3 is 16.2 Å². The first-order chi connectivity index (χ1) is 8.73. The zero-order chi connectivity index (χ0) is 14.9. The highest BCUT2D eigenvalue weighted by Gasteiger charge is 2.19. The molecule has 112 valence electrons. The Labute approximate surface area is 115 Å². The molecule has 5 nitrogen and oxygen atoms in total. The van der Waals surface area contributed by atoms with Crippen molar-refractivity contribution in [3.05, 3.63) is 0 Å². The predicted octanol–water partition coefficient (Wildman–Crippen LogP) is 1.90. The lowest BCUT2D eigenvalue weighted by atomic mass is 9.84. The second-order valence-electron chi connectivity index (χ2n) is 6.03. The number of carbonyl (C=O) groups is 2. The van der Waals surface area contributed by atoms with Gasteiger partial charge in [-0.2, -0.15) is 0 Å². The highest BCUT2D eigenvalue weighted by molar-refractivity contribution is 5.75. The number of nitrogens with one attached hydrogen (secondary N) is 1. The third kappa shape index (κ3) is 11.7. The Morgan fingerprint density at radius 3 is 2.42 bits per heavy atom. The molecule has 0 aliphatic carbocycles. The lowest BCUT2D eigenvalue weighted by Gasteiger charge is -2.23.